The van der Waals surface area contributed by atoms with Crippen LogP contribution in [-0.4, -0.2) is 9.97 Å². The third-order valence-electron chi connectivity index (χ3n) is 2.15. The summed E-state index contributed by atoms with van der Waals surface area (Å²) in [6.45, 7) is 0. The number of H-pyrrole nitrogens is 1. The molecule has 5 heteroatoms. The van der Waals surface area contributed by atoms with Crippen molar-refractivity contribution in [2.24, 2.45) is 0 Å². The van der Waals surface area contributed by atoms with E-state index in [0.717, 1.165) is 5.56 Å². The zero-order valence-electron chi connectivity index (χ0n) is 8.21. The van der Waals surface area contributed by atoms with Gasteiger partial charge in [-0.25, -0.2) is 4.98 Å². The molecule has 0 radical (unpaired) electrons. The Balaban J connectivity index is 2.30. The molecular formula is C11H8ClFN2O. The largest absolute Gasteiger partial charge is 0.311 e. The van der Waals surface area contributed by atoms with Crippen molar-refractivity contribution >= 4 is 11.6 Å². The Morgan fingerprint density at radius 3 is 2.69 bits per heavy atom. The lowest BCUT2D eigenvalue weighted by molar-refractivity contribution is 0.582. The fraction of sp³-hybridized carbons (Fsp3) is 0.0909. The molecule has 16 heavy (non-hydrogen) atoms. The molecule has 1 heterocycles. The van der Waals surface area contributed by atoms with Crippen LogP contribution in [0.4, 0.5) is 4.39 Å². The number of rotatable bonds is 2. The minimum absolute atomic E-state index is 0.131. The normalized spacial score (nSPS) is 10.4. The van der Waals surface area contributed by atoms with E-state index in [1.807, 2.05) is 0 Å². The van der Waals surface area contributed by atoms with Crippen molar-refractivity contribution in [2.45, 2.75) is 6.42 Å². The Morgan fingerprint density at radius 1 is 1.31 bits per heavy atom. The minimum atomic E-state index is -0.836. The van der Waals surface area contributed by atoms with E-state index in [4.69, 9.17) is 11.6 Å². The summed E-state index contributed by atoms with van der Waals surface area (Å²) in [5.74, 6) is -0.836. The molecular weight excluding hydrogens is 231 g/mol. The highest BCUT2D eigenvalue weighted by Gasteiger charge is 2.08. The van der Waals surface area contributed by atoms with E-state index in [1.165, 1.54) is 6.33 Å². The lowest BCUT2D eigenvalue weighted by atomic mass is 10.1. The third-order valence-corrected chi connectivity index (χ3v) is 2.41. The van der Waals surface area contributed by atoms with Gasteiger partial charge in [0.2, 0.25) is 5.82 Å². The van der Waals surface area contributed by atoms with Crippen LogP contribution in [0, 0.1) is 5.82 Å². The van der Waals surface area contributed by atoms with Crippen LogP contribution in [0.1, 0.15) is 11.3 Å². The molecule has 0 amide bonds. The molecule has 1 N–H and O–H groups in total. The molecule has 0 spiro atoms. The number of aromatic nitrogens is 2. The SMILES string of the molecule is O=c1[nH]cnc(Cc2ccc(Cl)cc2)c1F. The summed E-state index contributed by atoms with van der Waals surface area (Å²) in [6, 6.07) is 6.96. The Kier molecular flexibility index (Phi) is 3.01. The average Bonchev–Trinajstić information content (AvgIpc) is 2.28. The zero-order valence-corrected chi connectivity index (χ0v) is 8.96. The van der Waals surface area contributed by atoms with Crippen LogP contribution in [-0.2, 0) is 6.42 Å². The molecule has 0 bridgehead atoms. The molecule has 0 atom stereocenters. The second-order valence-corrected chi connectivity index (χ2v) is 3.73. The highest BCUT2D eigenvalue weighted by Crippen LogP contribution is 2.12. The second-order valence-electron chi connectivity index (χ2n) is 3.30. The molecule has 82 valence electrons. The topological polar surface area (TPSA) is 45.8 Å². The Bertz CT molecular complexity index is 551. The highest BCUT2D eigenvalue weighted by atomic mass is 35.5. The number of nitrogens with one attached hydrogen (secondary N) is 1. The van der Waals surface area contributed by atoms with E-state index in [1.54, 1.807) is 24.3 Å². The van der Waals surface area contributed by atoms with E-state index in [0.29, 0.717) is 5.02 Å². The van der Waals surface area contributed by atoms with Crippen LogP contribution in [0.2, 0.25) is 5.02 Å². The van der Waals surface area contributed by atoms with E-state index < -0.39 is 11.4 Å². The highest BCUT2D eigenvalue weighted by molar-refractivity contribution is 6.30. The molecule has 3 nitrogen and oxygen atoms in total. The minimum Gasteiger partial charge on any atom is -0.311 e. The van der Waals surface area contributed by atoms with Gasteiger partial charge in [0.1, 0.15) is 0 Å². The van der Waals surface area contributed by atoms with Crippen LogP contribution in [0.5, 0.6) is 0 Å². The molecule has 0 saturated carbocycles. The van der Waals surface area contributed by atoms with Crippen molar-refractivity contribution in [3.8, 4) is 0 Å². The van der Waals surface area contributed by atoms with Crippen LogP contribution in [0.3, 0.4) is 0 Å². The predicted molar refractivity (Wildman–Crippen MR) is 59.1 cm³/mol. The van der Waals surface area contributed by atoms with Crippen LogP contribution in [0.25, 0.3) is 0 Å². The van der Waals surface area contributed by atoms with E-state index >= 15 is 0 Å². The van der Waals surface area contributed by atoms with Crippen molar-refractivity contribution in [2.75, 3.05) is 0 Å². The third kappa shape index (κ3) is 2.28. The molecule has 0 aliphatic heterocycles. The summed E-state index contributed by atoms with van der Waals surface area (Å²) < 4.78 is 13.3. The van der Waals surface area contributed by atoms with Gasteiger partial charge in [0, 0.05) is 11.4 Å². The van der Waals surface area contributed by atoms with E-state index in [-0.39, 0.29) is 12.1 Å². The molecule has 0 unspecified atom stereocenters. The molecule has 0 fully saturated rings. The number of hydrogen-bond donors (Lipinski definition) is 1. The molecule has 0 aliphatic carbocycles. The Labute approximate surface area is 95.9 Å². The molecule has 0 saturated heterocycles. The molecule has 0 aliphatic rings. The van der Waals surface area contributed by atoms with E-state index in [2.05, 4.69) is 9.97 Å². The smallest absolute Gasteiger partial charge is 0.287 e. The first-order valence-electron chi connectivity index (χ1n) is 4.63. The summed E-state index contributed by atoms with van der Waals surface area (Å²) in [5, 5.41) is 0.614. The van der Waals surface area contributed by atoms with Crippen molar-refractivity contribution in [3.05, 3.63) is 63.0 Å². The van der Waals surface area contributed by atoms with Gasteiger partial charge < -0.3 is 4.98 Å². The summed E-state index contributed by atoms with van der Waals surface area (Å²) in [4.78, 5) is 17.0. The van der Waals surface area contributed by atoms with E-state index in [9.17, 15) is 9.18 Å². The fourth-order valence-corrected chi connectivity index (χ4v) is 1.46. The Morgan fingerprint density at radius 2 is 2.00 bits per heavy atom. The maximum absolute atomic E-state index is 13.3. The average molecular weight is 239 g/mol. The lowest BCUT2D eigenvalue weighted by Crippen LogP contribution is -2.14. The van der Waals surface area contributed by atoms with Gasteiger partial charge in [-0.3, -0.25) is 4.79 Å². The number of nitrogens with zero attached hydrogens (tertiary/aromatic N) is 1. The van der Waals surface area contributed by atoms with Gasteiger partial charge in [-0.05, 0) is 17.7 Å². The van der Waals surface area contributed by atoms with Gasteiger partial charge in [-0.2, -0.15) is 4.39 Å². The summed E-state index contributed by atoms with van der Waals surface area (Å²) in [5.41, 5.74) is 0.228. The quantitative estimate of drug-likeness (QED) is 0.872. The van der Waals surface area contributed by atoms with Gasteiger partial charge in [-0.1, -0.05) is 23.7 Å². The number of hydrogen-bond acceptors (Lipinski definition) is 2. The standard InChI is InChI=1S/C11H8ClFN2O/c12-8-3-1-7(2-4-8)5-9-10(13)11(16)15-6-14-9/h1-4,6H,5H2,(H,14,15,16). The first-order valence-corrected chi connectivity index (χ1v) is 5.01. The molecule has 1 aromatic heterocycles. The van der Waals surface area contributed by atoms with Crippen LogP contribution in [0.15, 0.2) is 35.4 Å². The van der Waals surface area contributed by atoms with Gasteiger partial charge in [-0.15, -0.1) is 0 Å². The maximum atomic E-state index is 13.3. The van der Waals surface area contributed by atoms with Gasteiger partial charge in [0.15, 0.2) is 0 Å². The summed E-state index contributed by atoms with van der Waals surface area (Å²) in [6.07, 6.45) is 1.46. The zero-order chi connectivity index (χ0) is 11.5. The predicted octanol–water partition coefficient (Wildman–Crippen LogP) is 2.15. The van der Waals surface area contributed by atoms with Crippen molar-refractivity contribution in [1.29, 1.82) is 0 Å². The first kappa shape index (κ1) is 10.8. The van der Waals surface area contributed by atoms with Crippen LogP contribution < -0.4 is 5.56 Å². The second kappa shape index (κ2) is 4.45. The maximum Gasteiger partial charge on any atom is 0.287 e. The number of benzene rings is 1. The summed E-state index contributed by atoms with van der Waals surface area (Å²) in [7, 11) is 0. The Hall–Kier alpha value is -1.68. The first-order chi connectivity index (χ1) is 7.66. The van der Waals surface area contributed by atoms with Gasteiger partial charge in [0.25, 0.3) is 5.56 Å². The van der Waals surface area contributed by atoms with Gasteiger partial charge in [0.05, 0.1) is 12.0 Å². The molecule has 1 aromatic carbocycles. The molecule has 2 aromatic rings. The van der Waals surface area contributed by atoms with Crippen molar-refractivity contribution in [3.63, 3.8) is 0 Å². The van der Waals surface area contributed by atoms with Crippen molar-refractivity contribution < 1.29 is 4.39 Å². The molecule has 2 rings (SSSR count). The summed E-state index contributed by atoms with van der Waals surface area (Å²) >= 11 is 5.73. The van der Waals surface area contributed by atoms with Crippen LogP contribution >= 0.6 is 11.6 Å². The van der Waals surface area contributed by atoms with Crippen molar-refractivity contribution in [1.82, 2.24) is 9.97 Å². The monoisotopic (exact) mass is 238 g/mol. The van der Waals surface area contributed by atoms with Gasteiger partial charge >= 0.3 is 0 Å². The lowest BCUT2D eigenvalue weighted by Gasteiger charge is -2.01. The number of aromatic amines is 1. The fourth-order valence-electron chi connectivity index (χ4n) is 1.34. The number of halogens is 2.